The molecule has 0 spiro atoms. The van der Waals surface area contributed by atoms with Crippen molar-refractivity contribution >= 4 is 11.6 Å². The summed E-state index contributed by atoms with van der Waals surface area (Å²) in [6.45, 7) is 0.983. The first-order valence-corrected chi connectivity index (χ1v) is 6.59. The molecule has 1 aromatic heterocycles. The van der Waals surface area contributed by atoms with Gasteiger partial charge in [-0.1, -0.05) is 0 Å². The number of amides is 1. The van der Waals surface area contributed by atoms with Crippen molar-refractivity contribution in [2.24, 2.45) is 0 Å². The third-order valence-electron chi connectivity index (χ3n) is 3.42. The Morgan fingerprint density at radius 2 is 2.05 bits per heavy atom. The van der Waals surface area contributed by atoms with Gasteiger partial charge in [0.2, 0.25) is 5.91 Å². The molecule has 0 unspecified atom stereocenters. The summed E-state index contributed by atoms with van der Waals surface area (Å²) in [5.74, 6) is -0.263. The highest BCUT2D eigenvalue weighted by molar-refractivity contribution is 5.76. The van der Waals surface area contributed by atoms with Crippen LogP contribution in [0.1, 0.15) is 24.8 Å². The zero-order valence-electron chi connectivity index (χ0n) is 11.3. The van der Waals surface area contributed by atoms with E-state index in [-0.39, 0.29) is 23.7 Å². The molecule has 1 aromatic rings. The highest BCUT2D eigenvalue weighted by atomic mass is 16.6. The molecule has 1 aliphatic rings. The third kappa shape index (κ3) is 3.25. The maximum atomic E-state index is 12.1. The van der Waals surface area contributed by atoms with Gasteiger partial charge in [0.05, 0.1) is 11.1 Å². The molecule has 1 amide bonds. The van der Waals surface area contributed by atoms with E-state index >= 15 is 0 Å². The number of likely N-dealkylation sites (tertiary alicyclic amines) is 1. The smallest absolute Gasteiger partial charge is 0.287 e. The second kappa shape index (κ2) is 6.17. The van der Waals surface area contributed by atoms with Crippen LogP contribution in [0, 0.1) is 21.4 Å². The Labute approximate surface area is 120 Å². The number of nitro groups is 1. The molecule has 0 radical (unpaired) electrons. The molecule has 1 saturated heterocycles. The number of nitrogens with zero attached hydrogens (tertiary/aromatic N) is 4. The van der Waals surface area contributed by atoms with Crippen molar-refractivity contribution in [2.45, 2.75) is 25.8 Å². The standard InChI is InChI=1S/C13H14N4O4/c14-7-10-6-11(17(20)21)8-16(13(10)19)9-12(18)15-4-2-1-3-5-15/h6,8H,1-5,9H2. The highest BCUT2D eigenvalue weighted by Crippen LogP contribution is 2.12. The number of hydrogen-bond donors (Lipinski definition) is 0. The van der Waals surface area contributed by atoms with Crippen molar-refractivity contribution in [1.29, 1.82) is 5.26 Å². The normalized spacial score (nSPS) is 14.5. The van der Waals surface area contributed by atoms with E-state index in [2.05, 4.69) is 0 Å². The minimum absolute atomic E-state index is 0.263. The molecule has 0 bridgehead atoms. The Hall–Kier alpha value is -2.69. The summed E-state index contributed by atoms with van der Waals surface area (Å²) in [5.41, 5.74) is -1.40. The van der Waals surface area contributed by atoms with Gasteiger partial charge in [-0.15, -0.1) is 0 Å². The topological polar surface area (TPSA) is 109 Å². The van der Waals surface area contributed by atoms with E-state index in [1.165, 1.54) is 0 Å². The molecule has 110 valence electrons. The number of rotatable bonds is 3. The van der Waals surface area contributed by atoms with Gasteiger partial charge in [0, 0.05) is 19.2 Å². The number of carbonyl (C=O) groups is 1. The van der Waals surface area contributed by atoms with Gasteiger partial charge in [0.15, 0.2) is 0 Å². The highest BCUT2D eigenvalue weighted by Gasteiger charge is 2.20. The Morgan fingerprint density at radius 1 is 1.38 bits per heavy atom. The summed E-state index contributed by atoms with van der Waals surface area (Å²) < 4.78 is 0.938. The molecule has 1 aliphatic heterocycles. The van der Waals surface area contributed by atoms with Crippen LogP contribution in [0.5, 0.6) is 0 Å². The molecule has 1 fully saturated rings. The van der Waals surface area contributed by atoms with E-state index in [0.717, 1.165) is 36.1 Å². The summed E-state index contributed by atoms with van der Waals surface area (Å²) in [5, 5.41) is 19.7. The first-order chi connectivity index (χ1) is 10.0. The fourth-order valence-electron chi connectivity index (χ4n) is 2.31. The summed E-state index contributed by atoms with van der Waals surface area (Å²) in [6.07, 6.45) is 3.90. The zero-order valence-corrected chi connectivity index (χ0v) is 11.3. The van der Waals surface area contributed by atoms with Gasteiger partial charge in [0.25, 0.3) is 11.2 Å². The van der Waals surface area contributed by atoms with E-state index in [4.69, 9.17) is 5.26 Å². The number of nitriles is 1. The maximum absolute atomic E-state index is 12.1. The molecule has 0 N–H and O–H groups in total. The van der Waals surface area contributed by atoms with Gasteiger partial charge >= 0.3 is 0 Å². The van der Waals surface area contributed by atoms with Gasteiger partial charge in [-0.2, -0.15) is 5.26 Å². The minimum Gasteiger partial charge on any atom is -0.341 e. The van der Waals surface area contributed by atoms with Crippen molar-refractivity contribution in [3.8, 4) is 6.07 Å². The van der Waals surface area contributed by atoms with Gasteiger partial charge in [-0.25, -0.2) is 0 Å². The number of aromatic nitrogens is 1. The first kappa shape index (κ1) is 14.7. The molecule has 0 aromatic carbocycles. The largest absolute Gasteiger partial charge is 0.341 e. The predicted molar refractivity (Wildman–Crippen MR) is 72.5 cm³/mol. The van der Waals surface area contributed by atoms with Crippen LogP contribution in [-0.2, 0) is 11.3 Å². The maximum Gasteiger partial charge on any atom is 0.287 e. The molecule has 8 nitrogen and oxygen atoms in total. The Morgan fingerprint density at radius 3 is 2.62 bits per heavy atom. The average Bonchev–Trinajstić information content (AvgIpc) is 2.49. The molecular weight excluding hydrogens is 276 g/mol. The Bertz CT molecular complexity index is 668. The van der Waals surface area contributed by atoms with Crippen LogP contribution in [0.2, 0.25) is 0 Å². The second-order valence-electron chi connectivity index (χ2n) is 4.86. The van der Waals surface area contributed by atoms with Crippen LogP contribution >= 0.6 is 0 Å². The first-order valence-electron chi connectivity index (χ1n) is 6.59. The monoisotopic (exact) mass is 290 g/mol. The lowest BCUT2D eigenvalue weighted by Gasteiger charge is -2.26. The van der Waals surface area contributed by atoms with Gasteiger partial charge < -0.3 is 4.90 Å². The fraction of sp³-hybridized carbons (Fsp3) is 0.462. The quantitative estimate of drug-likeness (QED) is 0.599. The lowest BCUT2D eigenvalue weighted by molar-refractivity contribution is -0.385. The van der Waals surface area contributed by atoms with E-state index in [9.17, 15) is 19.7 Å². The van der Waals surface area contributed by atoms with Crippen LogP contribution in [0.3, 0.4) is 0 Å². The molecule has 2 heterocycles. The van der Waals surface area contributed by atoms with E-state index in [0.29, 0.717) is 13.1 Å². The van der Waals surface area contributed by atoms with Gasteiger partial charge in [-0.05, 0) is 19.3 Å². The van der Waals surface area contributed by atoms with Crippen LogP contribution in [0.15, 0.2) is 17.1 Å². The molecular formula is C13H14N4O4. The van der Waals surface area contributed by atoms with Crippen LogP contribution in [-0.4, -0.2) is 33.4 Å². The number of piperidine rings is 1. The van der Waals surface area contributed by atoms with Crippen LogP contribution in [0.25, 0.3) is 0 Å². The van der Waals surface area contributed by atoms with Crippen molar-refractivity contribution in [2.75, 3.05) is 13.1 Å². The number of carbonyl (C=O) groups excluding carboxylic acids is 1. The molecule has 8 heteroatoms. The molecule has 0 atom stereocenters. The summed E-state index contributed by atoms with van der Waals surface area (Å²) in [7, 11) is 0. The third-order valence-corrected chi connectivity index (χ3v) is 3.42. The van der Waals surface area contributed by atoms with Crippen LogP contribution < -0.4 is 5.56 Å². The predicted octanol–water partition coefficient (Wildman–Crippen LogP) is 0.641. The van der Waals surface area contributed by atoms with Crippen molar-refractivity contribution in [3.63, 3.8) is 0 Å². The molecule has 0 aliphatic carbocycles. The average molecular weight is 290 g/mol. The van der Waals surface area contributed by atoms with Gasteiger partial charge in [0.1, 0.15) is 18.2 Å². The van der Waals surface area contributed by atoms with Crippen molar-refractivity contribution < 1.29 is 9.72 Å². The number of hydrogen-bond acceptors (Lipinski definition) is 5. The second-order valence-corrected chi connectivity index (χ2v) is 4.86. The van der Waals surface area contributed by atoms with Crippen molar-refractivity contribution in [3.05, 3.63) is 38.3 Å². The SMILES string of the molecule is N#Cc1cc([N+](=O)[O-])cn(CC(=O)N2CCCCC2)c1=O. The minimum atomic E-state index is -0.692. The van der Waals surface area contributed by atoms with Gasteiger partial charge in [-0.3, -0.25) is 24.3 Å². The fourth-order valence-corrected chi connectivity index (χ4v) is 2.31. The zero-order chi connectivity index (χ0) is 15.4. The Kier molecular flexibility index (Phi) is 4.33. The molecule has 2 rings (SSSR count). The van der Waals surface area contributed by atoms with Crippen LogP contribution in [0.4, 0.5) is 5.69 Å². The lowest BCUT2D eigenvalue weighted by Crippen LogP contribution is -2.39. The molecule has 21 heavy (non-hydrogen) atoms. The Balaban J connectivity index is 2.28. The van der Waals surface area contributed by atoms with E-state index in [1.54, 1.807) is 11.0 Å². The summed E-state index contributed by atoms with van der Waals surface area (Å²) >= 11 is 0. The van der Waals surface area contributed by atoms with Crippen molar-refractivity contribution in [1.82, 2.24) is 9.47 Å². The summed E-state index contributed by atoms with van der Waals surface area (Å²) in [6, 6.07) is 2.54. The molecule has 0 saturated carbocycles. The van der Waals surface area contributed by atoms with E-state index < -0.39 is 10.5 Å². The lowest BCUT2D eigenvalue weighted by atomic mass is 10.1. The van der Waals surface area contributed by atoms with E-state index in [1.807, 2.05) is 0 Å². The summed E-state index contributed by atoms with van der Waals surface area (Å²) in [4.78, 5) is 35.8. The number of pyridine rings is 1.